The number of aromatic nitrogens is 2. The fraction of sp³-hybridized carbons (Fsp3) is 0.444. The Labute approximate surface area is 141 Å². The number of nitrogens with one attached hydrogen (secondary N) is 2. The first-order chi connectivity index (χ1) is 11.7. The van der Waals surface area contributed by atoms with Crippen LogP contribution in [0.5, 0.6) is 0 Å². The SMILES string of the molecule is O=C(NCc1cnn(Cc2ccccc2)c1)NC1CCCCC1O. The number of hydrogen-bond donors (Lipinski definition) is 3. The fourth-order valence-electron chi connectivity index (χ4n) is 3.04. The number of carbonyl (C=O) groups is 1. The maximum Gasteiger partial charge on any atom is 0.315 e. The molecule has 1 aromatic carbocycles. The van der Waals surface area contributed by atoms with E-state index in [1.54, 1.807) is 6.20 Å². The smallest absolute Gasteiger partial charge is 0.315 e. The van der Waals surface area contributed by atoms with Crippen LogP contribution in [-0.4, -0.2) is 33.1 Å². The molecule has 2 unspecified atom stereocenters. The van der Waals surface area contributed by atoms with E-state index in [0.29, 0.717) is 13.1 Å². The summed E-state index contributed by atoms with van der Waals surface area (Å²) in [6.07, 6.45) is 6.94. The highest BCUT2D eigenvalue weighted by Crippen LogP contribution is 2.18. The number of aliphatic hydroxyl groups excluding tert-OH is 1. The van der Waals surface area contributed by atoms with Crippen LogP contribution in [-0.2, 0) is 13.1 Å². The summed E-state index contributed by atoms with van der Waals surface area (Å²) in [5.41, 5.74) is 2.13. The van der Waals surface area contributed by atoms with Crippen molar-refractivity contribution >= 4 is 6.03 Å². The lowest BCUT2D eigenvalue weighted by Crippen LogP contribution is -2.48. The van der Waals surface area contributed by atoms with E-state index >= 15 is 0 Å². The van der Waals surface area contributed by atoms with Gasteiger partial charge in [-0.25, -0.2) is 4.79 Å². The molecule has 24 heavy (non-hydrogen) atoms. The number of nitrogens with zero attached hydrogens (tertiary/aromatic N) is 2. The second-order valence-electron chi connectivity index (χ2n) is 6.32. The van der Waals surface area contributed by atoms with Crippen molar-refractivity contribution in [2.75, 3.05) is 0 Å². The van der Waals surface area contributed by atoms with Crippen LogP contribution >= 0.6 is 0 Å². The summed E-state index contributed by atoms with van der Waals surface area (Å²) in [6.45, 7) is 1.13. The number of aliphatic hydroxyl groups is 1. The molecule has 6 heteroatoms. The zero-order valence-corrected chi connectivity index (χ0v) is 13.7. The van der Waals surface area contributed by atoms with Crippen molar-refractivity contribution in [3.8, 4) is 0 Å². The van der Waals surface area contributed by atoms with Crippen LogP contribution in [0.25, 0.3) is 0 Å². The average molecular weight is 328 g/mol. The van der Waals surface area contributed by atoms with Gasteiger partial charge in [-0.15, -0.1) is 0 Å². The van der Waals surface area contributed by atoms with E-state index < -0.39 is 6.10 Å². The van der Waals surface area contributed by atoms with E-state index in [1.807, 2.05) is 29.1 Å². The van der Waals surface area contributed by atoms with Crippen molar-refractivity contribution in [2.45, 2.75) is 50.9 Å². The zero-order valence-electron chi connectivity index (χ0n) is 13.7. The van der Waals surface area contributed by atoms with Crippen molar-refractivity contribution in [1.82, 2.24) is 20.4 Å². The van der Waals surface area contributed by atoms with Crippen LogP contribution in [0.1, 0.15) is 36.8 Å². The average Bonchev–Trinajstić information content (AvgIpc) is 3.03. The molecule has 0 aliphatic heterocycles. The summed E-state index contributed by atoms with van der Waals surface area (Å²) in [7, 11) is 0. The Balaban J connectivity index is 1.45. The third-order valence-electron chi connectivity index (χ3n) is 4.37. The van der Waals surface area contributed by atoms with Crippen molar-refractivity contribution < 1.29 is 9.90 Å². The molecule has 2 atom stereocenters. The second-order valence-corrected chi connectivity index (χ2v) is 6.32. The maximum absolute atomic E-state index is 12.0. The van der Waals surface area contributed by atoms with Crippen LogP contribution in [0, 0.1) is 0 Å². The van der Waals surface area contributed by atoms with Crippen LogP contribution < -0.4 is 10.6 Å². The minimum Gasteiger partial charge on any atom is -0.391 e. The van der Waals surface area contributed by atoms with Crippen LogP contribution in [0.4, 0.5) is 4.79 Å². The Morgan fingerprint density at radius 1 is 1.21 bits per heavy atom. The largest absolute Gasteiger partial charge is 0.391 e. The third kappa shape index (κ3) is 4.58. The molecule has 0 radical (unpaired) electrons. The van der Waals surface area contributed by atoms with Gasteiger partial charge in [-0.3, -0.25) is 4.68 Å². The molecule has 2 amide bonds. The van der Waals surface area contributed by atoms with E-state index in [-0.39, 0.29) is 12.1 Å². The van der Waals surface area contributed by atoms with Gasteiger partial charge in [-0.05, 0) is 18.4 Å². The van der Waals surface area contributed by atoms with Gasteiger partial charge in [-0.2, -0.15) is 5.10 Å². The molecular weight excluding hydrogens is 304 g/mol. The third-order valence-corrected chi connectivity index (χ3v) is 4.37. The summed E-state index contributed by atoms with van der Waals surface area (Å²) in [6, 6.07) is 9.74. The highest BCUT2D eigenvalue weighted by atomic mass is 16.3. The number of hydrogen-bond acceptors (Lipinski definition) is 3. The predicted octanol–water partition coefficient (Wildman–Crippen LogP) is 2.03. The topological polar surface area (TPSA) is 79.2 Å². The molecule has 0 bridgehead atoms. The minimum atomic E-state index is -0.432. The Kier molecular flexibility index (Phi) is 5.48. The second kappa shape index (κ2) is 7.97. The van der Waals surface area contributed by atoms with Crippen molar-refractivity contribution in [3.05, 3.63) is 53.9 Å². The van der Waals surface area contributed by atoms with E-state index in [0.717, 1.165) is 31.2 Å². The Bertz CT molecular complexity index is 656. The van der Waals surface area contributed by atoms with Gasteiger partial charge in [0.1, 0.15) is 0 Å². The molecule has 1 heterocycles. The molecule has 128 valence electrons. The molecular formula is C18H24N4O2. The Morgan fingerprint density at radius 2 is 2.00 bits per heavy atom. The van der Waals surface area contributed by atoms with E-state index in [1.165, 1.54) is 5.56 Å². The Morgan fingerprint density at radius 3 is 2.79 bits per heavy atom. The lowest BCUT2D eigenvalue weighted by atomic mass is 9.93. The number of amides is 2. The molecule has 1 aliphatic rings. The van der Waals surface area contributed by atoms with E-state index in [2.05, 4.69) is 27.9 Å². The summed E-state index contributed by atoms with van der Waals surface area (Å²) in [4.78, 5) is 12.0. The molecule has 1 saturated carbocycles. The van der Waals surface area contributed by atoms with Crippen LogP contribution in [0.3, 0.4) is 0 Å². The zero-order chi connectivity index (χ0) is 16.8. The first kappa shape index (κ1) is 16.5. The van der Waals surface area contributed by atoms with Gasteiger partial charge in [0, 0.05) is 18.3 Å². The maximum atomic E-state index is 12.0. The minimum absolute atomic E-state index is 0.139. The van der Waals surface area contributed by atoms with Gasteiger partial charge in [-0.1, -0.05) is 43.2 Å². The normalized spacial score (nSPS) is 20.5. The molecule has 1 aromatic heterocycles. The van der Waals surface area contributed by atoms with Gasteiger partial charge >= 0.3 is 6.03 Å². The van der Waals surface area contributed by atoms with Crippen molar-refractivity contribution in [1.29, 1.82) is 0 Å². The monoisotopic (exact) mass is 328 g/mol. The lowest BCUT2D eigenvalue weighted by molar-refractivity contribution is 0.0943. The first-order valence-electron chi connectivity index (χ1n) is 8.48. The van der Waals surface area contributed by atoms with E-state index in [9.17, 15) is 9.90 Å². The number of benzene rings is 1. The fourth-order valence-corrected chi connectivity index (χ4v) is 3.04. The molecule has 0 saturated heterocycles. The van der Waals surface area contributed by atoms with Gasteiger partial charge in [0.15, 0.2) is 0 Å². The van der Waals surface area contributed by atoms with Gasteiger partial charge < -0.3 is 15.7 Å². The van der Waals surface area contributed by atoms with Crippen LogP contribution in [0.15, 0.2) is 42.7 Å². The summed E-state index contributed by atoms with van der Waals surface area (Å²) < 4.78 is 1.86. The number of urea groups is 1. The number of rotatable bonds is 5. The van der Waals surface area contributed by atoms with Gasteiger partial charge in [0.05, 0.1) is 24.9 Å². The molecule has 3 N–H and O–H groups in total. The van der Waals surface area contributed by atoms with Crippen molar-refractivity contribution in [3.63, 3.8) is 0 Å². The highest BCUT2D eigenvalue weighted by molar-refractivity contribution is 5.74. The highest BCUT2D eigenvalue weighted by Gasteiger charge is 2.24. The standard InChI is InChI=1S/C18H24N4O2/c23-17-9-5-4-8-16(17)21-18(24)19-10-15-11-20-22(13-15)12-14-6-2-1-3-7-14/h1-3,6-7,11,13,16-17,23H,4-5,8-10,12H2,(H2,19,21,24). The van der Waals surface area contributed by atoms with Crippen molar-refractivity contribution in [2.24, 2.45) is 0 Å². The molecule has 0 spiro atoms. The first-order valence-corrected chi connectivity index (χ1v) is 8.48. The Hall–Kier alpha value is -2.34. The summed E-state index contributed by atoms with van der Waals surface area (Å²) in [5, 5.41) is 19.9. The summed E-state index contributed by atoms with van der Waals surface area (Å²) in [5.74, 6) is 0. The van der Waals surface area contributed by atoms with E-state index in [4.69, 9.17) is 0 Å². The van der Waals surface area contributed by atoms with Crippen LogP contribution in [0.2, 0.25) is 0 Å². The summed E-state index contributed by atoms with van der Waals surface area (Å²) >= 11 is 0. The lowest BCUT2D eigenvalue weighted by Gasteiger charge is -2.28. The molecule has 2 aromatic rings. The molecule has 1 aliphatic carbocycles. The molecule has 3 rings (SSSR count). The quantitative estimate of drug-likeness (QED) is 0.786. The van der Waals surface area contributed by atoms with Gasteiger partial charge in [0.25, 0.3) is 0 Å². The predicted molar refractivity (Wildman–Crippen MR) is 91.4 cm³/mol. The molecule has 1 fully saturated rings. The number of carbonyl (C=O) groups excluding carboxylic acids is 1. The molecule has 6 nitrogen and oxygen atoms in total. The van der Waals surface area contributed by atoms with Gasteiger partial charge in [0.2, 0.25) is 0 Å².